The van der Waals surface area contributed by atoms with Gasteiger partial charge in [-0.3, -0.25) is 4.79 Å². The maximum Gasteiger partial charge on any atom is 0.408 e. The van der Waals surface area contributed by atoms with Crippen LogP contribution in [0.25, 0.3) is 0 Å². The molecule has 1 unspecified atom stereocenters. The fraction of sp³-hybridized carbons (Fsp3) is 0.667. The first kappa shape index (κ1) is 16.1. The predicted molar refractivity (Wildman–Crippen MR) is 73.6 cm³/mol. The smallest absolute Gasteiger partial charge is 0.369 e. The van der Waals surface area contributed by atoms with Crippen LogP contribution >= 0.6 is 11.6 Å². The molecule has 0 amide bonds. The van der Waals surface area contributed by atoms with Crippen molar-refractivity contribution in [2.45, 2.75) is 25.6 Å². The summed E-state index contributed by atoms with van der Waals surface area (Å²) < 4.78 is 37.3. The molecule has 118 valence electrons. The molecule has 1 aromatic rings. The number of hydrogen-bond acceptors (Lipinski definition) is 4. The summed E-state index contributed by atoms with van der Waals surface area (Å²) in [6.45, 7) is 0.380. The largest absolute Gasteiger partial charge is 0.408 e. The van der Waals surface area contributed by atoms with Crippen molar-refractivity contribution in [3.63, 3.8) is 0 Å². The zero-order chi connectivity index (χ0) is 15.6. The zero-order valence-electron chi connectivity index (χ0n) is 11.2. The lowest BCUT2D eigenvalue weighted by atomic mass is 9.98. The number of piperidine rings is 1. The molecule has 0 aliphatic carbocycles. The molecule has 0 bridgehead atoms. The summed E-state index contributed by atoms with van der Waals surface area (Å²) >= 11 is 5.94. The lowest BCUT2D eigenvalue weighted by Gasteiger charge is -2.34. The number of halogens is 4. The van der Waals surface area contributed by atoms with Crippen LogP contribution in [0.15, 0.2) is 11.0 Å². The van der Waals surface area contributed by atoms with E-state index in [0.717, 1.165) is 12.8 Å². The van der Waals surface area contributed by atoms with Gasteiger partial charge in [0.2, 0.25) is 0 Å². The number of hydrogen-bond donors (Lipinski definition) is 1. The zero-order valence-corrected chi connectivity index (χ0v) is 12.0. The van der Waals surface area contributed by atoms with Crippen molar-refractivity contribution in [3.05, 3.63) is 21.6 Å². The van der Waals surface area contributed by atoms with Gasteiger partial charge in [-0.1, -0.05) is 11.6 Å². The monoisotopic (exact) mass is 324 g/mol. The molecule has 1 aliphatic rings. The number of nitrogens with two attached hydrogens (primary N) is 1. The summed E-state index contributed by atoms with van der Waals surface area (Å²) in [6, 6.07) is 0. The Morgan fingerprint density at radius 2 is 2.19 bits per heavy atom. The molecule has 1 aliphatic heterocycles. The van der Waals surface area contributed by atoms with Gasteiger partial charge in [-0.2, -0.15) is 18.3 Å². The minimum Gasteiger partial charge on any atom is -0.369 e. The van der Waals surface area contributed by atoms with E-state index in [9.17, 15) is 18.0 Å². The van der Waals surface area contributed by atoms with Gasteiger partial charge < -0.3 is 10.6 Å². The van der Waals surface area contributed by atoms with E-state index >= 15 is 0 Å². The van der Waals surface area contributed by atoms with Crippen LogP contribution in [0.2, 0.25) is 5.02 Å². The molecule has 2 N–H and O–H groups in total. The van der Waals surface area contributed by atoms with Gasteiger partial charge in [-0.05, 0) is 25.3 Å². The molecule has 1 aromatic heterocycles. The number of alkyl halides is 3. The van der Waals surface area contributed by atoms with Crippen LogP contribution in [0, 0.1) is 5.92 Å². The molecule has 1 fully saturated rings. The normalized spacial score (nSPS) is 19.9. The summed E-state index contributed by atoms with van der Waals surface area (Å²) in [5.74, 6) is 0.285. The van der Waals surface area contributed by atoms with Crippen molar-refractivity contribution in [2.24, 2.45) is 11.7 Å². The van der Waals surface area contributed by atoms with Crippen molar-refractivity contribution in [1.82, 2.24) is 9.78 Å². The minimum atomic E-state index is -4.52. The summed E-state index contributed by atoms with van der Waals surface area (Å²) in [5, 5.41) is 3.35. The Balaban J connectivity index is 2.26. The molecule has 5 nitrogen and oxygen atoms in total. The van der Waals surface area contributed by atoms with Crippen molar-refractivity contribution >= 4 is 17.3 Å². The lowest BCUT2D eigenvalue weighted by Crippen LogP contribution is -2.40. The summed E-state index contributed by atoms with van der Waals surface area (Å²) in [4.78, 5) is 13.7. The van der Waals surface area contributed by atoms with Gasteiger partial charge in [-0.15, -0.1) is 0 Å². The molecule has 2 rings (SSSR count). The van der Waals surface area contributed by atoms with E-state index in [0.29, 0.717) is 30.0 Å². The van der Waals surface area contributed by atoms with Gasteiger partial charge in [0.05, 0.1) is 11.9 Å². The molecule has 9 heteroatoms. The number of rotatable bonds is 3. The minimum absolute atomic E-state index is 0.230. The van der Waals surface area contributed by atoms with Gasteiger partial charge in [0.1, 0.15) is 11.6 Å². The second-order valence-corrected chi connectivity index (χ2v) is 5.49. The van der Waals surface area contributed by atoms with Crippen molar-refractivity contribution < 1.29 is 13.2 Å². The van der Waals surface area contributed by atoms with Crippen LogP contribution in [0.3, 0.4) is 0 Å². The summed E-state index contributed by atoms with van der Waals surface area (Å²) in [6.07, 6.45) is -1.42. The highest BCUT2D eigenvalue weighted by Crippen LogP contribution is 2.27. The lowest BCUT2D eigenvalue weighted by molar-refractivity contribution is -0.143. The average molecular weight is 325 g/mol. The van der Waals surface area contributed by atoms with Crippen LogP contribution in [0.5, 0.6) is 0 Å². The third-order valence-corrected chi connectivity index (χ3v) is 3.84. The average Bonchev–Trinajstić information content (AvgIpc) is 2.43. The van der Waals surface area contributed by atoms with E-state index < -0.39 is 18.3 Å². The number of aromatic nitrogens is 2. The van der Waals surface area contributed by atoms with E-state index in [1.54, 1.807) is 0 Å². The Morgan fingerprint density at radius 1 is 1.48 bits per heavy atom. The first-order chi connectivity index (χ1) is 9.81. The molecule has 2 heterocycles. The number of anilines is 1. The maximum atomic E-state index is 12.3. The molecule has 0 radical (unpaired) electrons. The molecule has 0 saturated carbocycles. The fourth-order valence-corrected chi connectivity index (χ4v) is 2.70. The Morgan fingerprint density at radius 3 is 2.81 bits per heavy atom. The highest BCUT2D eigenvalue weighted by atomic mass is 35.5. The van der Waals surface area contributed by atoms with Gasteiger partial charge in [0, 0.05) is 13.1 Å². The van der Waals surface area contributed by atoms with Crippen molar-refractivity contribution in [1.29, 1.82) is 0 Å². The highest BCUT2D eigenvalue weighted by Gasteiger charge is 2.30. The molecule has 0 aromatic carbocycles. The second kappa shape index (κ2) is 6.23. The molecule has 1 saturated heterocycles. The van der Waals surface area contributed by atoms with E-state index in [-0.39, 0.29) is 10.9 Å². The van der Waals surface area contributed by atoms with Crippen molar-refractivity contribution in [3.8, 4) is 0 Å². The van der Waals surface area contributed by atoms with E-state index in [2.05, 4.69) is 5.10 Å². The van der Waals surface area contributed by atoms with E-state index in [1.165, 1.54) is 6.20 Å². The Labute approximate surface area is 124 Å². The topological polar surface area (TPSA) is 64.2 Å². The second-order valence-electron chi connectivity index (χ2n) is 5.11. The number of nitrogens with zero attached hydrogens (tertiary/aromatic N) is 3. The first-order valence-electron chi connectivity index (χ1n) is 6.59. The quantitative estimate of drug-likeness (QED) is 0.918. The SMILES string of the molecule is NCC1CCCN(c2cnn(CC(F)(F)F)c(=O)c2Cl)C1. The highest BCUT2D eigenvalue weighted by molar-refractivity contribution is 6.33. The van der Waals surface area contributed by atoms with Crippen molar-refractivity contribution in [2.75, 3.05) is 24.5 Å². The first-order valence-corrected chi connectivity index (χ1v) is 6.97. The third-order valence-electron chi connectivity index (χ3n) is 3.49. The van der Waals surface area contributed by atoms with Gasteiger partial charge in [0.15, 0.2) is 0 Å². The van der Waals surface area contributed by atoms with Gasteiger partial charge in [-0.25, -0.2) is 4.68 Å². The summed E-state index contributed by atoms with van der Waals surface area (Å²) in [7, 11) is 0. The van der Waals surface area contributed by atoms with Gasteiger partial charge in [0.25, 0.3) is 5.56 Å². The third kappa shape index (κ3) is 3.88. The Bertz CT molecular complexity index is 560. The van der Waals surface area contributed by atoms with Crippen LogP contribution in [-0.4, -0.2) is 35.6 Å². The standard InChI is InChI=1S/C12H16ClF3N4O/c13-10-9(19-3-1-2-8(4-17)6-19)5-18-20(11(10)21)7-12(14,15)16/h5,8H,1-4,6-7,17H2. The molecular formula is C12H16ClF3N4O. The molecular weight excluding hydrogens is 309 g/mol. The molecule has 0 spiro atoms. The summed E-state index contributed by atoms with van der Waals surface area (Å²) in [5.41, 5.74) is 5.08. The Kier molecular flexibility index (Phi) is 4.77. The van der Waals surface area contributed by atoms with E-state index in [4.69, 9.17) is 17.3 Å². The van der Waals surface area contributed by atoms with Crippen LogP contribution in [0.4, 0.5) is 18.9 Å². The van der Waals surface area contributed by atoms with E-state index in [1.807, 2.05) is 4.90 Å². The Hall–Kier alpha value is -1.28. The van der Waals surface area contributed by atoms with Crippen LogP contribution < -0.4 is 16.2 Å². The van der Waals surface area contributed by atoms with Crippen LogP contribution in [0.1, 0.15) is 12.8 Å². The van der Waals surface area contributed by atoms with Crippen LogP contribution in [-0.2, 0) is 6.54 Å². The molecule has 21 heavy (non-hydrogen) atoms. The fourth-order valence-electron chi connectivity index (χ4n) is 2.44. The predicted octanol–water partition coefficient (Wildman–Crippen LogP) is 1.63. The van der Waals surface area contributed by atoms with Gasteiger partial charge >= 0.3 is 6.18 Å². The maximum absolute atomic E-state index is 12.3. The molecule has 1 atom stereocenters.